The zero-order valence-electron chi connectivity index (χ0n) is 22.3. The molecular weight excluding hydrogens is 504 g/mol. The number of hydrogen-bond donors (Lipinski definition) is 0. The summed E-state index contributed by atoms with van der Waals surface area (Å²) in [6.07, 6.45) is -4.40. The summed E-state index contributed by atoms with van der Waals surface area (Å²) in [5.41, 5.74) is 1.33. The fourth-order valence-corrected chi connectivity index (χ4v) is 4.92. The van der Waals surface area contributed by atoms with Crippen molar-refractivity contribution in [3.8, 4) is 5.75 Å². The zero-order chi connectivity index (χ0) is 27.7. The van der Waals surface area contributed by atoms with Crippen molar-refractivity contribution >= 4 is 35.6 Å². The Balaban J connectivity index is 2.24. The van der Waals surface area contributed by atoms with Gasteiger partial charge in [0.1, 0.15) is 23.9 Å². The zero-order valence-corrected chi connectivity index (χ0v) is 23.1. The molecule has 10 nitrogen and oxygen atoms in total. The van der Waals surface area contributed by atoms with Crippen LogP contribution in [0, 0.1) is 6.92 Å². The van der Waals surface area contributed by atoms with Gasteiger partial charge in [-0.05, 0) is 30.0 Å². The Kier molecular flexibility index (Phi) is 11.7. The van der Waals surface area contributed by atoms with Crippen molar-refractivity contribution in [2.75, 3.05) is 19.0 Å². The van der Waals surface area contributed by atoms with Gasteiger partial charge >= 0.3 is 23.9 Å². The van der Waals surface area contributed by atoms with Crippen LogP contribution in [0.1, 0.15) is 58.6 Å². The van der Waals surface area contributed by atoms with E-state index in [1.165, 1.54) is 39.5 Å². The van der Waals surface area contributed by atoms with Crippen molar-refractivity contribution in [2.24, 2.45) is 0 Å². The minimum Gasteiger partial charge on any atom is -0.492 e. The Morgan fingerprint density at radius 2 is 1.49 bits per heavy atom. The maximum absolute atomic E-state index is 11.9. The SMILES string of the molecule is CC(=O)OC[C@@H]1O[C@@H](SCCOc2cc(C)ccc2C(C)C)[C@H](OC(C)=O)[C@H](OC(C)=O)[C@@H]1OC(C)=O. The van der Waals surface area contributed by atoms with Crippen LogP contribution < -0.4 is 4.74 Å². The number of rotatable bonds is 11. The number of thioether (sulfide) groups is 1. The van der Waals surface area contributed by atoms with E-state index in [9.17, 15) is 19.2 Å². The van der Waals surface area contributed by atoms with Crippen molar-refractivity contribution in [3.63, 3.8) is 0 Å². The summed E-state index contributed by atoms with van der Waals surface area (Å²) < 4.78 is 33.6. The number of carbonyl (C=O) groups excluding carboxylic acids is 4. The van der Waals surface area contributed by atoms with Crippen LogP contribution in [0.4, 0.5) is 0 Å². The number of ether oxygens (including phenoxy) is 6. The third-order valence-electron chi connectivity index (χ3n) is 5.36. The first-order valence-corrected chi connectivity index (χ1v) is 13.1. The van der Waals surface area contributed by atoms with Crippen LogP contribution >= 0.6 is 11.8 Å². The molecule has 11 heteroatoms. The first-order chi connectivity index (χ1) is 17.4. The minimum atomic E-state index is -1.18. The standard InChI is InChI=1S/C26H36O10S/c1-14(2)20-9-8-15(3)12-21(20)31-10-11-37-26-25(35-19(7)30)24(34-18(6)29)23(33-17(5)28)22(36-26)13-32-16(4)27/h8-9,12,14,22-26H,10-11,13H2,1-7H3/t22-,23+,24+,25+,26-/m0/s1. The van der Waals surface area contributed by atoms with Crippen LogP contribution in [0.2, 0.25) is 0 Å². The second kappa shape index (κ2) is 14.2. The average molecular weight is 541 g/mol. The molecule has 0 unspecified atom stereocenters. The summed E-state index contributed by atoms with van der Waals surface area (Å²) in [5.74, 6) is -1.03. The highest BCUT2D eigenvalue weighted by atomic mass is 32.2. The third kappa shape index (κ3) is 9.55. The van der Waals surface area contributed by atoms with Gasteiger partial charge in [-0.3, -0.25) is 19.2 Å². The highest BCUT2D eigenvalue weighted by Crippen LogP contribution is 2.35. The molecule has 0 aromatic heterocycles. The lowest BCUT2D eigenvalue weighted by Crippen LogP contribution is -2.61. The van der Waals surface area contributed by atoms with Gasteiger partial charge < -0.3 is 28.4 Å². The Hall–Kier alpha value is -2.79. The van der Waals surface area contributed by atoms with E-state index in [4.69, 9.17) is 28.4 Å². The van der Waals surface area contributed by atoms with Gasteiger partial charge in [0.2, 0.25) is 0 Å². The number of esters is 4. The molecule has 1 aromatic rings. The van der Waals surface area contributed by atoms with E-state index in [2.05, 4.69) is 13.8 Å². The molecule has 5 atom stereocenters. The summed E-state index contributed by atoms with van der Waals surface area (Å²) in [7, 11) is 0. The quantitative estimate of drug-likeness (QED) is 0.233. The van der Waals surface area contributed by atoms with E-state index >= 15 is 0 Å². The van der Waals surface area contributed by atoms with Crippen LogP contribution in [0.15, 0.2) is 18.2 Å². The Bertz CT molecular complexity index is 963. The summed E-state index contributed by atoms with van der Waals surface area (Å²) in [6.45, 7) is 11.0. The molecule has 1 heterocycles. The van der Waals surface area contributed by atoms with Gasteiger partial charge in [-0.1, -0.05) is 26.0 Å². The van der Waals surface area contributed by atoms with Crippen molar-refractivity contribution < 1.29 is 47.6 Å². The molecule has 1 aliphatic rings. The van der Waals surface area contributed by atoms with Gasteiger partial charge in [0.25, 0.3) is 0 Å². The number of benzene rings is 1. The first kappa shape index (κ1) is 30.4. The van der Waals surface area contributed by atoms with E-state index in [1.807, 2.05) is 25.1 Å². The molecule has 0 aliphatic carbocycles. The van der Waals surface area contributed by atoms with Crippen molar-refractivity contribution in [1.82, 2.24) is 0 Å². The first-order valence-electron chi connectivity index (χ1n) is 12.0. The van der Waals surface area contributed by atoms with Crippen LogP contribution in [-0.4, -0.2) is 72.7 Å². The molecule has 37 heavy (non-hydrogen) atoms. The predicted octanol–water partition coefficient (Wildman–Crippen LogP) is 3.31. The van der Waals surface area contributed by atoms with Gasteiger partial charge in [-0.2, -0.15) is 0 Å². The monoisotopic (exact) mass is 540 g/mol. The molecule has 1 aliphatic heterocycles. The van der Waals surface area contributed by atoms with Crippen LogP contribution in [0.3, 0.4) is 0 Å². The lowest BCUT2D eigenvalue weighted by molar-refractivity contribution is -0.237. The molecule has 0 bridgehead atoms. The van der Waals surface area contributed by atoms with E-state index < -0.39 is 53.7 Å². The number of carbonyl (C=O) groups is 4. The smallest absolute Gasteiger partial charge is 0.303 e. The number of hydrogen-bond acceptors (Lipinski definition) is 11. The average Bonchev–Trinajstić information content (AvgIpc) is 2.77. The van der Waals surface area contributed by atoms with Crippen molar-refractivity contribution in [1.29, 1.82) is 0 Å². The Morgan fingerprint density at radius 1 is 0.892 bits per heavy atom. The van der Waals surface area contributed by atoms with E-state index in [0.29, 0.717) is 12.4 Å². The molecule has 0 radical (unpaired) electrons. The normalized spacial score (nSPS) is 23.2. The molecule has 1 saturated heterocycles. The summed E-state index contributed by atoms with van der Waals surface area (Å²) >= 11 is 1.28. The fourth-order valence-electron chi connectivity index (χ4n) is 3.88. The molecular formula is C26H36O10S. The van der Waals surface area contributed by atoms with Crippen molar-refractivity contribution in [2.45, 2.75) is 84.2 Å². The molecule has 2 rings (SSSR count). The molecule has 0 amide bonds. The summed E-state index contributed by atoms with van der Waals surface area (Å²) in [4.78, 5) is 47.1. The van der Waals surface area contributed by atoms with Gasteiger partial charge in [0.05, 0.1) is 6.61 Å². The third-order valence-corrected chi connectivity index (χ3v) is 6.47. The molecule has 0 saturated carbocycles. The Morgan fingerprint density at radius 3 is 2.05 bits per heavy atom. The maximum atomic E-state index is 11.9. The molecule has 0 spiro atoms. The van der Waals surface area contributed by atoms with Gasteiger partial charge in [0, 0.05) is 33.4 Å². The fraction of sp³-hybridized carbons (Fsp3) is 0.615. The maximum Gasteiger partial charge on any atom is 0.303 e. The number of aryl methyl sites for hydroxylation is 1. The molecule has 0 N–H and O–H groups in total. The second-order valence-corrected chi connectivity index (χ2v) is 10.2. The molecule has 1 aromatic carbocycles. The van der Waals surface area contributed by atoms with Crippen LogP contribution in [-0.2, 0) is 42.9 Å². The lowest BCUT2D eigenvalue weighted by Gasteiger charge is -2.44. The van der Waals surface area contributed by atoms with E-state index in [-0.39, 0.29) is 12.5 Å². The van der Waals surface area contributed by atoms with E-state index in [1.54, 1.807) is 0 Å². The second-order valence-electron chi connectivity index (χ2n) is 8.98. The largest absolute Gasteiger partial charge is 0.492 e. The van der Waals surface area contributed by atoms with Gasteiger partial charge in [0.15, 0.2) is 18.3 Å². The van der Waals surface area contributed by atoms with Gasteiger partial charge in [-0.25, -0.2) is 0 Å². The van der Waals surface area contributed by atoms with Crippen molar-refractivity contribution in [3.05, 3.63) is 29.3 Å². The Labute approximate surface area is 221 Å². The molecule has 206 valence electrons. The highest BCUT2D eigenvalue weighted by molar-refractivity contribution is 7.99. The minimum absolute atomic E-state index is 0.258. The topological polar surface area (TPSA) is 124 Å². The lowest BCUT2D eigenvalue weighted by atomic mass is 9.99. The van der Waals surface area contributed by atoms with Crippen LogP contribution in [0.5, 0.6) is 5.75 Å². The predicted molar refractivity (Wildman–Crippen MR) is 135 cm³/mol. The van der Waals surface area contributed by atoms with Gasteiger partial charge in [-0.15, -0.1) is 11.8 Å². The highest BCUT2D eigenvalue weighted by Gasteiger charge is 2.52. The summed E-state index contributed by atoms with van der Waals surface area (Å²) in [6, 6.07) is 6.06. The summed E-state index contributed by atoms with van der Waals surface area (Å²) in [5, 5.41) is 0. The van der Waals surface area contributed by atoms with Crippen LogP contribution in [0.25, 0.3) is 0 Å². The van der Waals surface area contributed by atoms with E-state index in [0.717, 1.165) is 16.9 Å². The molecule has 1 fully saturated rings.